The van der Waals surface area contributed by atoms with E-state index in [1.54, 1.807) is 11.3 Å². The molecule has 0 unspecified atom stereocenters. The van der Waals surface area contributed by atoms with Crippen molar-refractivity contribution in [2.24, 2.45) is 0 Å². The fourth-order valence-electron chi connectivity index (χ4n) is 3.33. The molecule has 0 radical (unpaired) electrons. The third kappa shape index (κ3) is 4.02. The molecule has 1 N–H and O–H groups in total. The van der Waals surface area contributed by atoms with Gasteiger partial charge in [0.15, 0.2) is 5.58 Å². The molecule has 0 saturated carbocycles. The largest absolute Gasteiger partial charge is 0.431 e. The highest BCUT2D eigenvalue weighted by atomic mass is 32.2. The molecule has 4 rings (SSSR count). The number of oxazole rings is 1. The summed E-state index contributed by atoms with van der Waals surface area (Å²) in [7, 11) is 0. The number of hydrogen-bond donors (Lipinski definition) is 1. The molecule has 2 aromatic heterocycles. The molecule has 2 heterocycles. The highest BCUT2D eigenvalue weighted by Gasteiger charge is 2.20. The summed E-state index contributed by atoms with van der Waals surface area (Å²) in [6, 6.07) is 9.83. The average molecular weight is 398 g/mol. The Hall–Kier alpha value is -2.30. The van der Waals surface area contributed by atoms with Crippen LogP contribution in [0.5, 0.6) is 0 Å². The molecular formula is C20H19N3O2S2. The van der Waals surface area contributed by atoms with Crippen LogP contribution < -0.4 is 5.32 Å². The van der Waals surface area contributed by atoms with Gasteiger partial charge in [-0.05, 0) is 43.4 Å². The molecular weight excluding hydrogens is 378 g/mol. The number of carbonyl (C=O) groups excluding carboxylic acids is 1. The van der Waals surface area contributed by atoms with Gasteiger partial charge in [0.25, 0.3) is 5.22 Å². The van der Waals surface area contributed by atoms with Crippen molar-refractivity contribution >= 4 is 45.1 Å². The van der Waals surface area contributed by atoms with Crippen LogP contribution in [0.1, 0.15) is 41.7 Å². The predicted octanol–water partition coefficient (Wildman–Crippen LogP) is 5.15. The number of aromatic nitrogens is 1. The first-order valence-electron chi connectivity index (χ1n) is 9.07. The molecule has 1 aromatic carbocycles. The van der Waals surface area contributed by atoms with Crippen LogP contribution in [0.2, 0.25) is 0 Å². The average Bonchev–Trinajstić information content (AvgIpc) is 3.20. The number of nitrogens with zero attached hydrogens (tertiary/aromatic N) is 2. The highest BCUT2D eigenvalue weighted by molar-refractivity contribution is 7.99. The van der Waals surface area contributed by atoms with Gasteiger partial charge in [0, 0.05) is 4.88 Å². The number of nitrogens with one attached hydrogen (secondary N) is 1. The van der Waals surface area contributed by atoms with Gasteiger partial charge in [-0.3, -0.25) is 4.79 Å². The van der Waals surface area contributed by atoms with E-state index in [2.05, 4.69) is 16.4 Å². The topological polar surface area (TPSA) is 78.9 Å². The van der Waals surface area contributed by atoms with E-state index < -0.39 is 0 Å². The third-order valence-corrected chi connectivity index (χ3v) is 6.67. The molecule has 0 bridgehead atoms. The number of anilines is 1. The van der Waals surface area contributed by atoms with E-state index in [0.717, 1.165) is 36.8 Å². The van der Waals surface area contributed by atoms with Crippen molar-refractivity contribution in [2.75, 3.05) is 11.1 Å². The van der Waals surface area contributed by atoms with Crippen LogP contribution in [-0.4, -0.2) is 16.6 Å². The van der Waals surface area contributed by atoms with Crippen molar-refractivity contribution in [3.63, 3.8) is 0 Å². The van der Waals surface area contributed by atoms with Gasteiger partial charge in [0.05, 0.1) is 11.3 Å². The summed E-state index contributed by atoms with van der Waals surface area (Å²) in [6.07, 6.45) is 6.65. The number of thiophene rings is 1. The molecule has 0 atom stereocenters. The molecule has 0 saturated heterocycles. The van der Waals surface area contributed by atoms with Crippen molar-refractivity contribution in [1.29, 1.82) is 5.26 Å². The Morgan fingerprint density at radius 3 is 2.89 bits per heavy atom. The van der Waals surface area contributed by atoms with Gasteiger partial charge >= 0.3 is 0 Å². The molecule has 27 heavy (non-hydrogen) atoms. The normalized spacial score (nSPS) is 14.2. The molecule has 0 spiro atoms. The van der Waals surface area contributed by atoms with Gasteiger partial charge in [-0.25, -0.2) is 4.98 Å². The maximum absolute atomic E-state index is 12.4. The van der Waals surface area contributed by atoms with Gasteiger partial charge < -0.3 is 9.73 Å². The van der Waals surface area contributed by atoms with E-state index in [4.69, 9.17) is 4.42 Å². The number of benzene rings is 1. The molecule has 0 fully saturated rings. The van der Waals surface area contributed by atoms with Crippen molar-refractivity contribution in [1.82, 2.24) is 4.98 Å². The highest BCUT2D eigenvalue weighted by Crippen LogP contribution is 2.36. The van der Waals surface area contributed by atoms with E-state index >= 15 is 0 Å². The van der Waals surface area contributed by atoms with Gasteiger partial charge in [-0.1, -0.05) is 36.7 Å². The summed E-state index contributed by atoms with van der Waals surface area (Å²) in [6.45, 7) is 0. The number of para-hydroxylation sites is 2. The molecule has 3 aromatic rings. The minimum atomic E-state index is -0.145. The quantitative estimate of drug-likeness (QED) is 0.616. The number of aryl methyl sites for hydroxylation is 1. The van der Waals surface area contributed by atoms with Crippen LogP contribution in [0, 0.1) is 11.3 Å². The Morgan fingerprint density at radius 1 is 1.26 bits per heavy atom. The van der Waals surface area contributed by atoms with Crippen molar-refractivity contribution in [2.45, 2.75) is 43.7 Å². The Balaban J connectivity index is 1.44. The summed E-state index contributed by atoms with van der Waals surface area (Å²) in [5.41, 5.74) is 3.29. The minimum Gasteiger partial charge on any atom is -0.431 e. The van der Waals surface area contributed by atoms with E-state index in [9.17, 15) is 10.1 Å². The molecule has 7 heteroatoms. The van der Waals surface area contributed by atoms with Crippen LogP contribution in [0.3, 0.4) is 0 Å². The number of thioether (sulfide) groups is 1. The van der Waals surface area contributed by atoms with Crippen molar-refractivity contribution in [3.05, 3.63) is 40.3 Å². The lowest BCUT2D eigenvalue weighted by atomic mass is 9.97. The second-order valence-corrected chi connectivity index (χ2v) is 8.55. The predicted molar refractivity (Wildman–Crippen MR) is 108 cm³/mol. The van der Waals surface area contributed by atoms with Crippen LogP contribution in [0.15, 0.2) is 33.9 Å². The lowest BCUT2D eigenvalue weighted by Gasteiger charge is -2.08. The van der Waals surface area contributed by atoms with Crippen LogP contribution >= 0.6 is 23.1 Å². The van der Waals surface area contributed by atoms with Crippen molar-refractivity contribution < 1.29 is 9.21 Å². The van der Waals surface area contributed by atoms with E-state index in [1.165, 1.54) is 29.5 Å². The second-order valence-electron chi connectivity index (χ2n) is 6.52. The zero-order chi connectivity index (χ0) is 18.6. The van der Waals surface area contributed by atoms with Gasteiger partial charge in [-0.2, -0.15) is 5.26 Å². The van der Waals surface area contributed by atoms with Crippen molar-refractivity contribution in [3.8, 4) is 6.07 Å². The zero-order valence-corrected chi connectivity index (χ0v) is 16.4. The van der Waals surface area contributed by atoms with Crippen LogP contribution in [-0.2, 0) is 17.6 Å². The first-order chi connectivity index (χ1) is 13.2. The van der Waals surface area contributed by atoms with Gasteiger partial charge in [0.1, 0.15) is 16.6 Å². The molecule has 1 aliphatic rings. The minimum absolute atomic E-state index is 0.145. The molecule has 138 valence electrons. The summed E-state index contributed by atoms with van der Waals surface area (Å²) in [5.74, 6) is 0.0493. The number of hydrogen-bond acceptors (Lipinski definition) is 6. The number of fused-ring (bicyclic) bond motifs is 2. The molecule has 0 aliphatic heterocycles. The maximum atomic E-state index is 12.4. The fraction of sp³-hybridized carbons (Fsp3) is 0.350. The smallest absolute Gasteiger partial charge is 0.257 e. The van der Waals surface area contributed by atoms with Gasteiger partial charge in [-0.15, -0.1) is 11.3 Å². The molecule has 5 nitrogen and oxygen atoms in total. The Morgan fingerprint density at radius 2 is 2.07 bits per heavy atom. The fourth-order valence-corrected chi connectivity index (χ4v) is 5.22. The number of amides is 1. The summed E-state index contributed by atoms with van der Waals surface area (Å²) >= 11 is 2.82. The van der Waals surface area contributed by atoms with E-state index in [1.807, 2.05) is 24.3 Å². The first-order valence-corrected chi connectivity index (χ1v) is 10.9. The Labute approximate surface area is 165 Å². The zero-order valence-electron chi connectivity index (χ0n) is 14.8. The Kier molecular flexibility index (Phi) is 5.46. The van der Waals surface area contributed by atoms with Gasteiger partial charge in [0.2, 0.25) is 5.91 Å². The second kappa shape index (κ2) is 8.15. The standard InChI is InChI=1S/C20H19N3O2S2/c21-11-14-13-7-3-1-2-4-10-17(13)27-19(14)23-18(24)12-26-20-22-15-8-5-6-9-16(15)25-20/h5-6,8-9H,1-4,7,10,12H2,(H,23,24). The monoisotopic (exact) mass is 397 g/mol. The first kappa shape index (κ1) is 18.1. The third-order valence-electron chi connectivity index (χ3n) is 4.64. The SMILES string of the molecule is N#Cc1c(NC(=O)CSc2nc3ccccc3o2)sc2c1CCCCCC2. The molecule has 1 amide bonds. The summed E-state index contributed by atoms with van der Waals surface area (Å²) in [4.78, 5) is 18.0. The molecule has 1 aliphatic carbocycles. The summed E-state index contributed by atoms with van der Waals surface area (Å²) < 4.78 is 5.63. The lowest BCUT2D eigenvalue weighted by molar-refractivity contribution is -0.113. The maximum Gasteiger partial charge on any atom is 0.257 e. The summed E-state index contributed by atoms with van der Waals surface area (Å²) in [5, 5.41) is 13.7. The van der Waals surface area contributed by atoms with E-state index in [0.29, 0.717) is 21.4 Å². The number of carbonyl (C=O) groups is 1. The van der Waals surface area contributed by atoms with Crippen LogP contribution in [0.25, 0.3) is 11.1 Å². The lowest BCUT2D eigenvalue weighted by Crippen LogP contribution is -2.14. The number of nitriles is 1. The van der Waals surface area contributed by atoms with E-state index in [-0.39, 0.29) is 11.7 Å². The number of rotatable bonds is 4. The Bertz CT molecular complexity index is 983. The van der Waals surface area contributed by atoms with Crippen LogP contribution in [0.4, 0.5) is 5.00 Å².